The van der Waals surface area contributed by atoms with Crippen LogP contribution in [0.4, 0.5) is 0 Å². The number of carbonyl (C=O) groups excluding carboxylic acids is 2. The number of hydrogen-bond donors (Lipinski definition) is 1. The summed E-state index contributed by atoms with van der Waals surface area (Å²) >= 11 is 0. The Morgan fingerprint density at radius 2 is 1.76 bits per heavy atom. The Morgan fingerprint density at radius 1 is 1.14 bits per heavy atom. The summed E-state index contributed by atoms with van der Waals surface area (Å²) in [5.74, 6) is -0.0742. The number of benzene rings is 1. The molecule has 0 spiro atoms. The molecule has 0 aliphatic rings. The lowest BCUT2D eigenvalue weighted by Crippen LogP contribution is -2.50. The van der Waals surface area contributed by atoms with Gasteiger partial charge in [-0.15, -0.1) is 0 Å². The molecule has 1 aromatic carbocycles. The Balaban J connectivity index is 2.94. The molecule has 0 saturated carbocycles. The Hall–Kier alpha value is -1.84. The van der Waals surface area contributed by atoms with Crippen molar-refractivity contribution in [3.63, 3.8) is 0 Å². The van der Waals surface area contributed by atoms with Crippen LogP contribution in [0.1, 0.15) is 46.1 Å². The van der Waals surface area contributed by atoms with Gasteiger partial charge in [0.1, 0.15) is 6.04 Å². The lowest BCUT2D eigenvalue weighted by molar-refractivity contribution is -0.141. The summed E-state index contributed by atoms with van der Waals surface area (Å²) in [6, 6.07) is 9.43. The van der Waals surface area contributed by atoms with Crippen molar-refractivity contribution in [3.05, 3.63) is 35.9 Å². The van der Waals surface area contributed by atoms with Crippen molar-refractivity contribution < 1.29 is 9.59 Å². The molecule has 116 valence electrons. The molecule has 1 rings (SSSR count). The highest BCUT2D eigenvalue weighted by molar-refractivity contribution is 5.87. The summed E-state index contributed by atoms with van der Waals surface area (Å²) in [6.45, 7) is 8.08. The smallest absolute Gasteiger partial charge is 0.243 e. The molecule has 0 fully saturated rings. The first-order valence-electron chi connectivity index (χ1n) is 7.63. The quantitative estimate of drug-likeness (QED) is 0.839. The molecule has 0 heterocycles. The predicted molar refractivity (Wildman–Crippen MR) is 84.6 cm³/mol. The first kappa shape index (κ1) is 17.2. The van der Waals surface area contributed by atoms with Crippen LogP contribution in [0.5, 0.6) is 0 Å². The maximum atomic E-state index is 12.3. The molecule has 1 atom stereocenters. The van der Waals surface area contributed by atoms with Crippen molar-refractivity contribution in [3.8, 4) is 0 Å². The minimum Gasteiger partial charge on any atom is -0.352 e. The largest absolute Gasteiger partial charge is 0.352 e. The normalized spacial score (nSPS) is 12.0. The average molecular weight is 290 g/mol. The van der Waals surface area contributed by atoms with Gasteiger partial charge in [-0.1, -0.05) is 44.2 Å². The SMILES string of the molecule is CCC(=O)N(Cc1ccccc1)C(CC)C(=O)NC(C)C. The van der Waals surface area contributed by atoms with E-state index in [0.29, 0.717) is 19.4 Å². The molecular weight excluding hydrogens is 264 g/mol. The summed E-state index contributed by atoms with van der Waals surface area (Å²) < 4.78 is 0. The van der Waals surface area contributed by atoms with Gasteiger partial charge in [0, 0.05) is 19.0 Å². The Morgan fingerprint density at radius 3 is 2.24 bits per heavy atom. The van der Waals surface area contributed by atoms with E-state index in [2.05, 4.69) is 5.32 Å². The van der Waals surface area contributed by atoms with E-state index in [1.165, 1.54) is 0 Å². The maximum absolute atomic E-state index is 12.3. The number of amides is 2. The van der Waals surface area contributed by atoms with Crippen LogP contribution in [-0.2, 0) is 16.1 Å². The van der Waals surface area contributed by atoms with E-state index < -0.39 is 6.04 Å². The lowest BCUT2D eigenvalue weighted by atomic mass is 10.1. The van der Waals surface area contributed by atoms with Crippen molar-refractivity contribution in [1.29, 1.82) is 0 Å². The second-order valence-corrected chi connectivity index (χ2v) is 5.45. The molecule has 0 saturated heterocycles. The van der Waals surface area contributed by atoms with Crippen molar-refractivity contribution in [2.45, 2.75) is 59.2 Å². The average Bonchev–Trinajstić information content (AvgIpc) is 2.46. The number of rotatable bonds is 7. The molecule has 4 nitrogen and oxygen atoms in total. The summed E-state index contributed by atoms with van der Waals surface area (Å²) in [5, 5.41) is 2.91. The lowest BCUT2D eigenvalue weighted by Gasteiger charge is -2.31. The van der Waals surface area contributed by atoms with Crippen LogP contribution in [0, 0.1) is 0 Å². The van der Waals surface area contributed by atoms with Crippen LogP contribution in [-0.4, -0.2) is 28.8 Å². The van der Waals surface area contributed by atoms with Crippen LogP contribution < -0.4 is 5.32 Å². The monoisotopic (exact) mass is 290 g/mol. The Bertz CT molecular complexity index is 457. The van der Waals surface area contributed by atoms with Crippen molar-refractivity contribution >= 4 is 11.8 Å². The third kappa shape index (κ3) is 5.21. The third-order valence-electron chi connectivity index (χ3n) is 3.32. The van der Waals surface area contributed by atoms with E-state index in [1.54, 1.807) is 4.90 Å². The second-order valence-electron chi connectivity index (χ2n) is 5.45. The standard InChI is InChI=1S/C17H26N2O2/c1-5-15(17(21)18-13(3)4)19(16(20)6-2)12-14-10-8-7-9-11-14/h7-11,13,15H,5-6,12H2,1-4H3,(H,18,21). The third-order valence-corrected chi connectivity index (χ3v) is 3.32. The molecule has 1 N–H and O–H groups in total. The van der Waals surface area contributed by atoms with Crippen LogP contribution in [0.25, 0.3) is 0 Å². The van der Waals surface area contributed by atoms with E-state index in [9.17, 15) is 9.59 Å². The molecule has 4 heteroatoms. The molecule has 0 radical (unpaired) electrons. The molecule has 2 amide bonds. The molecule has 1 unspecified atom stereocenters. The van der Waals surface area contributed by atoms with Crippen molar-refractivity contribution in [2.24, 2.45) is 0 Å². The molecule has 21 heavy (non-hydrogen) atoms. The molecule has 0 bridgehead atoms. The van der Waals surface area contributed by atoms with E-state index in [4.69, 9.17) is 0 Å². The number of nitrogens with zero attached hydrogens (tertiary/aromatic N) is 1. The fraction of sp³-hybridized carbons (Fsp3) is 0.529. The summed E-state index contributed by atoms with van der Waals surface area (Å²) in [6.07, 6.45) is 1.01. The summed E-state index contributed by atoms with van der Waals surface area (Å²) in [5.41, 5.74) is 1.04. The zero-order chi connectivity index (χ0) is 15.8. The number of hydrogen-bond acceptors (Lipinski definition) is 2. The van der Waals surface area contributed by atoms with Crippen LogP contribution in [0.2, 0.25) is 0 Å². The zero-order valence-corrected chi connectivity index (χ0v) is 13.4. The number of nitrogens with one attached hydrogen (secondary N) is 1. The van der Waals surface area contributed by atoms with Gasteiger partial charge in [-0.25, -0.2) is 0 Å². The number of carbonyl (C=O) groups is 2. The van der Waals surface area contributed by atoms with E-state index in [-0.39, 0.29) is 17.9 Å². The highest BCUT2D eigenvalue weighted by Crippen LogP contribution is 2.13. The summed E-state index contributed by atoms with van der Waals surface area (Å²) in [7, 11) is 0. The Kier molecular flexibility index (Phi) is 6.92. The predicted octanol–water partition coefficient (Wildman–Crippen LogP) is 2.73. The molecular formula is C17H26N2O2. The van der Waals surface area contributed by atoms with E-state index in [0.717, 1.165) is 5.56 Å². The topological polar surface area (TPSA) is 49.4 Å². The van der Waals surface area contributed by atoms with Gasteiger partial charge in [0.2, 0.25) is 11.8 Å². The van der Waals surface area contributed by atoms with Gasteiger partial charge in [-0.05, 0) is 25.8 Å². The van der Waals surface area contributed by atoms with Gasteiger partial charge in [0.15, 0.2) is 0 Å². The van der Waals surface area contributed by atoms with Gasteiger partial charge in [0.05, 0.1) is 0 Å². The fourth-order valence-corrected chi connectivity index (χ4v) is 2.28. The second kappa shape index (κ2) is 8.45. The first-order valence-corrected chi connectivity index (χ1v) is 7.63. The minimum absolute atomic E-state index is 0.00427. The van der Waals surface area contributed by atoms with E-state index >= 15 is 0 Å². The van der Waals surface area contributed by atoms with Gasteiger partial charge in [0.25, 0.3) is 0 Å². The van der Waals surface area contributed by atoms with Gasteiger partial charge < -0.3 is 10.2 Å². The van der Waals surface area contributed by atoms with Gasteiger partial charge >= 0.3 is 0 Å². The van der Waals surface area contributed by atoms with Crippen molar-refractivity contribution in [1.82, 2.24) is 10.2 Å². The summed E-state index contributed by atoms with van der Waals surface area (Å²) in [4.78, 5) is 26.3. The maximum Gasteiger partial charge on any atom is 0.243 e. The Labute approximate surface area is 127 Å². The van der Waals surface area contributed by atoms with E-state index in [1.807, 2.05) is 58.0 Å². The molecule has 1 aromatic rings. The van der Waals surface area contributed by atoms with Crippen LogP contribution in [0.3, 0.4) is 0 Å². The highest BCUT2D eigenvalue weighted by Gasteiger charge is 2.27. The van der Waals surface area contributed by atoms with Crippen molar-refractivity contribution in [2.75, 3.05) is 0 Å². The molecule has 0 aliphatic heterocycles. The highest BCUT2D eigenvalue weighted by atomic mass is 16.2. The van der Waals surface area contributed by atoms with Gasteiger partial charge in [-0.2, -0.15) is 0 Å². The van der Waals surface area contributed by atoms with Crippen LogP contribution in [0.15, 0.2) is 30.3 Å². The molecule has 0 aliphatic carbocycles. The fourth-order valence-electron chi connectivity index (χ4n) is 2.28. The minimum atomic E-state index is -0.417. The molecule has 0 aromatic heterocycles. The first-order chi connectivity index (χ1) is 9.99. The van der Waals surface area contributed by atoms with Gasteiger partial charge in [-0.3, -0.25) is 9.59 Å². The zero-order valence-electron chi connectivity index (χ0n) is 13.4. The van der Waals surface area contributed by atoms with Crippen LogP contribution >= 0.6 is 0 Å².